The summed E-state index contributed by atoms with van der Waals surface area (Å²) in [6.45, 7) is 7.58. The summed E-state index contributed by atoms with van der Waals surface area (Å²) in [6, 6.07) is 9.94. The van der Waals surface area contributed by atoms with Gasteiger partial charge in [0.15, 0.2) is 5.78 Å². The number of aromatic nitrogens is 1. The van der Waals surface area contributed by atoms with Gasteiger partial charge in [-0.2, -0.15) is 0 Å². The molecule has 2 aliphatic rings. The second kappa shape index (κ2) is 8.90. The first kappa shape index (κ1) is 21.7. The summed E-state index contributed by atoms with van der Waals surface area (Å²) in [5.41, 5.74) is 4.18. The minimum Gasteiger partial charge on any atom is -0.512 e. The third-order valence-corrected chi connectivity index (χ3v) is 7.39. The summed E-state index contributed by atoms with van der Waals surface area (Å²) in [7, 11) is 0. The van der Waals surface area contributed by atoms with Crippen LogP contribution in [0.2, 0.25) is 0 Å². The zero-order valence-corrected chi connectivity index (χ0v) is 19.2. The molecule has 1 aliphatic heterocycles. The molecule has 5 heteroatoms. The molecular weight excluding hydrogens is 404 g/mol. The number of benzene rings is 1. The molecule has 4 nitrogen and oxygen atoms in total. The average Bonchev–Trinajstić information content (AvgIpc) is 2.72. The zero-order chi connectivity index (χ0) is 22.0. The number of allylic oxidation sites excluding steroid dienone is 2. The lowest BCUT2D eigenvalue weighted by atomic mass is 9.67. The molecule has 160 valence electrons. The van der Waals surface area contributed by atoms with Crippen molar-refractivity contribution in [3.63, 3.8) is 0 Å². The first-order chi connectivity index (χ1) is 14.9. The van der Waals surface area contributed by atoms with Gasteiger partial charge in [-0.1, -0.05) is 12.0 Å². The highest BCUT2D eigenvalue weighted by Crippen LogP contribution is 2.48. The van der Waals surface area contributed by atoms with E-state index in [-0.39, 0.29) is 17.0 Å². The molecule has 2 aromatic rings. The Morgan fingerprint density at radius 2 is 1.84 bits per heavy atom. The van der Waals surface area contributed by atoms with Crippen LogP contribution in [0.5, 0.6) is 0 Å². The van der Waals surface area contributed by atoms with Crippen LogP contribution in [0.4, 0.5) is 0 Å². The Balaban J connectivity index is 1.53. The maximum absolute atomic E-state index is 13.3. The maximum Gasteiger partial charge on any atom is 0.167 e. The molecule has 1 spiro atoms. The molecular formula is C26H28N2O2S. The molecule has 0 unspecified atom stereocenters. The van der Waals surface area contributed by atoms with Gasteiger partial charge < -0.3 is 5.11 Å². The zero-order valence-electron chi connectivity index (χ0n) is 18.4. The van der Waals surface area contributed by atoms with Crippen molar-refractivity contribution in [1.82, 2.24) is 9.29 Å². The van der Waals surface area contributed by atoms with Gasteiger partial charge in [-0.15, -0.1) is 5.92 Å². The second-order valence-electron chi connectivity index (χ2n) is 8.65. The highest BCUT2D eigenvalue weighted by Gasteiger charge is 2.43. The number of carbonyl (C=O) groups excluding carboxylic acids is 1. The molecule has 0 radical (unpaired) electrons. The van der Waals surface area contributed by atoms with Crippen molar-refractivity contribution in [1.29, 1.82) is 0 Å². The Kier molecular flexibility index (Phi) is 6.22. The minimum absolute atomic E-state index is 0.0649. The second-order valence-corrected chi connectivity index (χ2v) is 9.76. The largest absolute Gasteiger partial charge is 0.512 e. The molecule has 1 fully saturated rings. The standard InChI is InChI=1S/C26H28N2O2S/c1-4-7-20-14-18(2)24(19(3)15-20)25-21(29)16-26(17-22(25)30)9-12-28(13-10-26)31-23-8-5-6-11-27-23/h5-6,8,11,14-15,29H,9-10,12-13,16-17H2,1-3H3. The number of nitrogens with zero attached hydrogens (tertiary/aromatic N) is 2. The van der Waals surface area contributed by atoms with Crippen LogP contribution >= 0.6 is 11.9 Å². The predicted octanol–water partition coefficient (Wildman–Crippen LogP) is 5.49. The molecule has 31 heavy (non-hydrogen) atoms. The van der Waals surface area contributed by atoms with Gasteiger partial charge in [0.2, 0.25) is 0 Å². The van der Waals surface area contributed by atoms with Crippen molar-refractivity contribution in [2.24, 2.45) is 5.41 Å². The Morgan fingerprint density at radius 3 is 2.42 bits per heavy atom. The van der Waals surface area contributed by atoms with E-state index in [0.717, 1.165) is 53.2 Å². The fourth-order valence-electron chi connectivity index (χ4n) is 4.89. The maximum atomic E-state index is 13.3. The minimum atomic E-state index is -0.138. The SMILES string of the molecule is CC#Cc1cc(C)c(C2=C(O)CC3(CCN(Sc4ccccn4)CC3)CC2=O)c(C)c1. The monoisotopic (exact) mass is 432 g/mol. The molecule has 2 heterocycles. The summed E-state index contributed by atoms with van der Waals surface area (Å²) < 4.78 is 2.32. The Morgan fingerprint density at radius 1 is 1.13 bits per heavy atom. The van der Waals surface area contributed by atoms with E-state index in [1.54, 1.807) is 11.9 Å². The van der Waals surface area contributed by atoms with Crippen molar-refractivity contribution in [3.05, 3.63) is 64.5 Å². The number of carbonyl (C=O) groups is 1. The van der Waals surface area contributed by atoms with E-state index in [0.29, 0.717) is 18.4 Å². The van der Waals surface area contributed by atoms with Gasteiger partial charge in [0, 0.05) is 37.7 Å². The van der Waals surface area contributed by atoms with E-state index < -0.39 is 0 Å². The third-order valence-electron chi connectivity index (χ3n) is 6.34. The molecule has 1 aromatic heterocycles. The van der Waals surface area contributed by atoms with Crippen LogP contribution in [-0.4, -0.2) is 33.3 Å². The predicted molar refractivity (Wildman–Crippen MR) is 126 cm³/mol. The van der Waals surface area contributed by atoms with E-state index in [9.17, 15) is 9.90 Å². The van der Waals surface area contributed by atoms with Gasteiger partial charge >= 0.3 is 0 Å². The van der Waals surface area contributed by atoms with Crippen LogP contribution in [-0.2, 0) is 4.79 Å². The Hall–Kier alpha value is -2.55. The van der Waals surface area contributed by atoms with Gasteiger partial charge in [0.25, 0.3) is 0 Å². The van der Waals surface area contributed by atoms with Crippen molar-refractivity contribution < 1.29 is 9.90 Å². The van der Waals surface area contributed by atoms with Crippen molar-refractivity contribution in [2.45, 2.75) is 51.5 Å². The van der Waals surface area contributed by atoms with Gasteiger partial charge in [0.05, 0.1) is 5.57 Å². The molecule has 0 atom stereocenters. The fourth-order valence-corrected chi connectivity index (χ4v) is 5.77. The van der Waals surface area contributed by atoms with E-state index in [4.69, 9.17) is 0 Å². The number of aliphatic hydroxyl groups is 1. The molecule has 0 saturated carbocycles. The smallest absolute Gasteiger partial charge is 0.167 e. The lowest BCUT2D eigenvalue weighted by Crippen LogP contribution is -2.40. The molecule has 4 rings (SSSR count). The van der Waals surface area contributed by atoms with Gasteiger partial charge in [-0.3, -0.25) is 4.79 Å². The van der Waals surface area contributed by atoms with Gasteiger partial charge in [-0.05, 0) is 91.9 Å². The third kappa shape index (κ3) is 4.56. The van der Waals surface area contributed by atoms with E-state index in [1.807, 2.05) is 57.3 Å². The number of piperidine rings is 1. The van der Waals surface area contributed by atoms with Gasteiger partial charge in [0.1, 0.15) is 10.8 Å². The topological polar surface area (TPSA) is 53.4 Å². The molecule has 1 aromatic carbocycles. The molecule has 1 N–H and O–H groups in total. The van der Waals surface area contributed by atoms with Crippen molar-refractivity contribution in [3.8, 4) is 11.8 Å². The van der Waals surface area contributed by atoms with Crippen LogP contribution in [0.15, 0.2) is 47.3 Å². The number of ketones is 1. The average molecular weight is 433 g/mol. The van der Waals surface area contributed by atoms with Crippen molar-refractivity contribution >= 4 is 23.3 Å². The number of aryl methyl sites for hydroxylation is 2. The summed E-state index contributed by atoms with van der Waals surface area (Å²) in [6.07, 6.45) is 4.69. The summed E-state index contributed by atoms with van der Waals surface area (Å²) in [4.78, 5) is 17.7. The van der Waals surface area contributed by atoms with E-state index in [2.05, 4.69) is 21.1 Å². The first-order valence-electron chi connectivity index (χ1n) is 10.7. The molecule has 0 amide bonds. The van der Waals surface area contributed by atoms with Crippen LogP contribution in [0.3, 0.4) is 0 Å². The quantitative estimate of drug-likeness (QED) is 0.513. The highest BCUT2D eigenvalue weighted by molar-refractivity contribution is 7.97. The first-order valence-corrected chi connectivity index (χ1v) is 11.5. The van der Waals surface area contributed by atoms with Crippen molar-refractivity contribution in [2.75, 3.05) is 13.1 Å². The fraction of sp³-hybridized carbons (Fsp3) is 0.385. The molecule has 1 aliphatic carbocycles. The number of rotatable bonds is 3. The molecule has 0 bridgehead atoms. The lowest BCUT2D eigenvalue weighted by molar-refractivity contribution is -0.117. The summed E-state index contributed by atoms with van der Waals surface area (Å²) in [5.74, 6) is 6.33. The number of pyridine rings is 1. The number of hydrogen-bond acceptors (Lipinski definition) is 5. The Labute approximate surface area is 188 Å². The summed E-state index contributed by atoms with van der Waals surface area (Å²) >= 11 is 1.67. The van der Waals surface area contributed by atoms with Crippen LogP contribution < -0.4 is 0 Å². The van der Waals surface area contributed by atoms with E-state index in [1.165, 1.54) is 0 Å². The molecule has 1 saturated heterocycles. The number of Topliss-reactive ketones (excluding diaryl/α,β-unsaturated/α-hetero) is 1. The number of aliphatic hydroxyl groups excluding tert-OH is 1. The van der Waals surface area contributed by atoms with Crippen LogP contribution in [0.25, 0.3) is 5.57 Å². The summed E-state index contributed by atoms with van der Waals surface area (Å²) in [5, 5.41) is 12.0. The van der Waals surface area contributed by atoms with E-state index >= 15 is 0 Å². The Bertz CT molecular complexity index is 1060. The highest BCUT2D eigenvalue weighted by atomic mass is 32.2. The number of hydrogen-bond donors (Lipinski definition) is 1. The van der Waals surface area contributed by atoms with Gasteiger partial charge in [-0.25, -0.2) is 9.29 Å². The van der Waals surface area contributed by atoms with Crippen LogP contribution in [0, 0.1) is 31.1 Å². The van der Waals surface area contributed by atoms with Crippen LogP contribution in [0.1, 0.15) is 54.9 Å². The normalized spacial score (nSPS) is 18.7. The lowest BCUT2D eigenvalue weighted by Gasteiger charge is -2.43.